The molecule has 100 valence electrons. The molecule has 2 aliphatic rings. The lowest BCUT2D eigenvalue weighted by Gasteiger charge is -2.35. The molecule has 0 amide bonds. The molecule has 0 aromatic carbocycles. The van der Waals surface area contributed by atoms with E-state index in [0.29, 0.717) is 6.04 Å². The lowest BCUT2D eigenvalue weighted by atomic mass is 9.85. The smallest absolute Gasteiger partial charge is 0.121 e. The number of nitrogens with zero attached hydrogens (tertiary/aromatic N) is 3. The Kier molecular flexibility index (Phi) is 4.42. The molecule has 1 heterocycles. The molecule has 0 aromatic heterocycles. The van der Waals surface area contributed by atoms with Gasteiger partial charge in [-0.2, -0.15) is 0 Å². The zero-order valence-corrected chi connectivity index (χ0v) is 11.5. The molecule has 1 saturated carbocycles. The maximum absolute atomic E-state index is 9.75. The fourth-order valence-electron chi connectivity index (χ4n) is 3.26. The van der Waals surface area contributed by atoms with Gasteiger partial charge in [-0.25, -0.2) is 0 Å². The van der Waals surface area contributed by atoms with Crippen LogP contribution in [0.2, 0.25) is 0 Å². The second-order valence-electron chi connectivity index (χ2n) is 6.09. The monoisotopic (exact) mass is 241 g/mol. The van der Waals surface area contributed by atoms with Crippen molar-refractivity contribution in [2.75, 3.05) is 40.9 Å². The van der Waals surface area contributed by atoms with Crippen molar-refractivity contribution in [3.8, 4) is 0 Å². The molecule has 0 bridgehead atoms. The number of hydrogen-bond donors (Lipinski definition) is 1. The van der Waals surface area contributed by atoms with E-state index in [1.54, 1.807) is 0 Å². The van der Waals surface area contributed by atoms with E-state index in [1.165, 1.54) is 32.2 Å². The lowest BCUT2D eigenvalue weighted by molar-refractivity contribution is 0.0670. The first-order valence-electron chi connectivity index (χ1n) is 6.83. The third kappa shape index (κ3) is 3.41. The molecule has 0 spiro atoms. The highest BCUT2D eigenvalue weighted by Crippen LogP contribution is 2.29. The minimum absolute atomic E-state index is 0.255. The number of hydrogen-bond acceptors (Lipinski definition) is 4. The number of likely N-dealkylation sites (N-methyl/N-ethyl adjacent to an activating group) is 1. The molecule has 17 heavy (non-hydrogen) atoms. The van der Waals surface area contributed by atoms with Gasteiger partial charge in [-0.05, 0) is 52.7 Å². The summed E-state index contributed by atoms with van der Waals surface area (Å²) in [7, 11) is 6.33. The van der Waals surface area contributed by atoms with E-state index in [4.69, 9.17) is 0 Å². The van der Waals surface area contributed by atoms with Gasteiger partial charge in [-0.15, -0.1) is 0 Å². The van der Waals surface area contributed by atoms with Gasteiger partial charge in [-0.3, -0.25) is 9.80 Å². The molecule has 4 heteroatoms. The van der Waals surface area contributed by atoms with Crippen molar-refractivity contribution >= 4 is 0 Å². The van der Waals surface area contributed by atoms with Crippen LogP contribution in [0.4, 0.5) is 0 Å². The van der Waals surface area contributed by atoms with E-state index >= 15 is 0 Å². The molecular formula is C13H27N3O. The minimum Gasteiger partial charge on any atom is -0.377 e. The average molecular weight is 241 g/mol. The molecule has 2 fully saturated rings. The van der Waals surface area contributed by atoms with Gasteiger partial charge < -0.3 is 10.0 Å². The van der Waals surface area contributed by atoms with Gasteiger partial charge in [0.25, 0.3) is 0 Å². The zero-order valence-electron chi connectivity index (χ0n) is 11.5. The van der Waals surface area contributed by atoms with Crippen molar-refractivity contribution in [2.24, 2.45) is 5.92 Å². The van der Waals surface area contributed by atoms with Crippen molar-refractivity contribution in [3.63, 3.8) is 0 Å². The maximum atomic E-state index is 9.75. The van der Waals surface area contributed by atoms with Crippen molar-refractivity contribution in [1.82, 2.24) is 14.7 Å². The Morgan fingerprint density at radius 1 is 1.18 bits per heavy atom. The molecule has 1 atom stereocenters. The third-order valence-electron chi connectivity index (χ3n) is 4.27. The van der Waals surface area contributed by atoms with Crippen molar-refractivity contribution in [1.29, 1.82) is 0 Å². The average Bonchev–Trinajstić information content (AvgIpc) is 2.59. The van der Waals surface area contributed by atoms with E-state index in [1.807, 2.05) is 11.9 Å². The predicted molar refractivity (Wildman–Crippen MR) is 69.6 cm³/mol. The predicted octanol–water partition coefficient (Wildman–Crippen LogP) is 0.630. The van der Waals surface area contributed by atoms with Crippen LogP contribution < -0.4 is 0 Å². The van der Waals surface area contributed by atoms with Gasteiger partial charge in [-0.1, -0.05) is 0 Å². The van der Waals surface area contributed by atoms with Crippen LogP contribution >= 0.6 is 0 Å². The van der Waals surface area contributed by atoms with Crippen LogP contribution in [0.15, 0.2) is 0 Å². The molecule has 0 aromatic rings. The Labute approximate surface area is 105 Å². The van der Waals surface area contributed by atoms with Crippen LogP contribution in [-0.2, 0) is 0 Å². The van der Waals surface area contributed by atoms with Crippen LogP contribution in [0.5, 0.6) is 0 Å². The van der Waals surface area contributed by atoms with Gasteiger partial charge in [0, 0.05) is 19.1 Å². The van der Waals surface area contributed by atoms with Gasteiger partial charge in [0.1, 0.15) is 6.23 Å². The summed E-state index contributed by atoms with van der Waals surface area (Å²) in [6.45, 7) is 3.00. The summed E-state index contributed by atoms with van der Waals surface area (Å²) in [6.07, 6.45) is 5.05. The molecule has 4 nitrogen and oxygen atoms in total. The Hall–Kier alpha value is -0.160. The van der Waals surface area contributed by atoms with Crippen molar-refractivity contribution < 1.29 is 5.11 Å². The zero-order chi connectivity index (χ0) is 12.4. The lowest BCUT2D eigenvalue weighted by Crippen LogP contribution is -2.38. The molecule has 1 aliphatic carbocycles. The van der Waals surface area contributed by atoms with Crippen molar-refractivity contribution in [3.05, 3.63) is 0 Å². The summed E-state index contributed by atoms with van der Waals surface area (Å²) in [5.41, 5.74) is 0. The maximum Gasteiger partial charge on any atom is 0.121 e. The second kappa shape index (κ2) is 5.65. The summed E-state index contributed by atoms with van der Waals surface area (Å²) in [4.78, 5) is 6.79. The first-order valence-corrected chi connectivity index (χ1v) is 6.83. The first kappa shape index (κ1) is 13.3. The number of aliphatic hydroxyl groups is 1. The Morgan fingerprint density at radius 3 is 2.29 bits per heavy atom. The summed E-state index contributed by atoms with van der Waals surface area (Å²) in [5, 5.41) is 9.75. The molecule has 1 N–H and O–H groups in total. The van der Waals surface area contributed by atoms with E-state index < -0.39 is 0 Å². The quantitative estimate of drug-likeness (QED) is 0.785. The molecule has 2 rings (SSSR count). The first-order chi connectivity index (χ1) is 8.06. The number of aliphatic hydroxyl groups excluding tert-OH is 1. The molecule has 1 saturated heterocycles. The fraction of sp³-hybridized carbons (Fsp3) is 1.00. The van der Waals surface area contributed by atoms with E-state index in [0.717, 1.165) is 19.1 Å². The fourth-order valence-corrected chi connectivity index (χ4v) is 3.26. The van der Waals surface area contributed by atoms with Crippen LogP contribution in [0, 0.1) is 5.92 Å². The summed E-state index contributed by atoms with van der Waals surface area (Å²) in [6, 6.07) is 0.702. The summed E-state index contributed by atoms with van der Waals surface area (Å²) in [5.74, 6) is 0.881. The van der Waals surface area contributed by atoms with E-state index in [-0.39, 0.29) is 6.23 Å². The van der Waals surface area contributed by atoms with Crippen LogP contribution in [-0.4, -0.2) is 73.0 Å². The van der Waals surface area contributed by atoms with Gasteiger partial charge in [0.05, 0.1) is 6.67 Å². The van der Waals surface area contributed by atoms with Crippen LogP contribution in [0.3, 0.4) is 0 Å². The number of β-amino-alcohol motifs (C(OH)–C–C–N with tert-alkyl or cyclic N) is 1. The third-order valence-corrected chi connectivity index (χ3v) is 4.27. The van der Waals surface area contributed by atoms with E-state index in [9.17, 15) is 5.11 Å². The molecular weight excluding hydrogens is 214 g/mol. The highest BCUT2D eigenvalue weighted by atomic mass is 16.3. The highest BCUT2D eigenvalue weighted by molar-refractivity contribution is 4.84. The topological polar surface area (TPSA) is 30.0 Å². The number of rotatable bonds is 3. The summed E-state index contributed by atoms with van der Waals surface area (Å²) < 4.78 is 0. The standard InChI is InChI=1S/C13H27N3O/c1-14(2)8-11-4-6-12(7-5-11)16-9-13(17)15(3)10-16/h11-13,17H,4-10H2,1-3H3. The van der Waals surface area contributed by atoms with Gasteiger partial charge >= 0.3 is 0 Å². The van der Waals surface area contributed by atoms with Crippen LogP contribution in [0.25, 0.3) is 0 Å². The summed E-state index contributed by atoms with van der Waals surface area (Å²) >= 11 is 0. The molecule has 0 radical (unpaired) electrons. The van der Waals surface area contributed by atoms with E-state index in [2.05, 4.69) is 23.9 Å². The van der Waals surface area contributed by atoms with Gasteiger partial charge in [0.15, 0.2) is 0 Å². The molecule has 1 unspecified atom stereocenters. The SMILES string of the molecule is CN(C)CC1CCC(N2CC(O)N(C)C2)CC1. The highest BCUT2D eigenvalue weighted by Gasteiger charge is 2.33. The molecule has 1 aliphatic heterocycles. The largest absolute Gasteiger partial charge is 0.377 e. The Bertz CT molecular complexity index is 229. The minimum atomic E-state index is -0.255. The Morgan fingerprint density at radius 2 is 1.82 bits per heavy atom. The van der Waals surface area contributed by atoms with Gasteiger partial charge in [0.2, 0.25) is 0 Å². The van der Waals surface area contributed by atoms with Crippen molar-refractivity contribution in [2.45, 2.75) is 38.0 Å². The normalized spacial score (nSPS) is 36.9. The van der Waals surface area contributed by atoms with Crippen LogP contribution in [0.1, 0.15) is 25.7 Å². The second-order valence-corrected chi connectivity index (χ2v) is 6.09. The Balaban J connectivity index is 1.76.